The van der Waals surface area contributed by atoms with E-state index in [1.54, 1.807) is 0 Å². The van der Waals surface area contributed by atoms with Crippen LogP contribution in [0.1, 0.15) is 62.3 Å². The maximum Gasteiger partial charge on any atom is 0.332 e. The van der Waals surface area contributed by atoms with Gasteiger partial charge in [-0.15, -0.1) is 0 Å². The van der Waals surface area contributed by atoms with Crippen molar-refractivity contribution in [2.45, 2.75) is 71.8 Å². The van der Waals surface area contributed by atoms with E-state index in [1.807, 2.05) is 6.92 Å². The molecule has 7 heteroatoms. The van der Waals surface area contributed by atoms with Gasteiger partial charge in [0.05, 0.1) is 5.75 Å². The Kier molecular flexibility index (Phi) is 6.65. The summed E-state index contributed by atoms with van der Waals surface area (Å²) in [5.41, 5.74) is 5.89. The minimum atomic E-state index is -3.66. The Morgan fingerprint density at radius 2 is 1.64 bits per heavy atom. The highest BCUT2D eigenvalue weighted by molar-refractivity contribution is 7.90. The highest BCUT2D eigenvalue weighted by Gasteiger charge is 2.26. The quantitative estimate of drug-likeness (QED) is 0.693. The highest BCUT2D eigenvalue weighted by Crippen LogP contribution is 2.38. The molecule has 0 aromatic heterocycles. The highest BCUT2D eigenvalue weighted by atomic mass is 32.2. The second-order valence-electron chi connectivity index (χ2n) is 7.97. The Hall–Kier alpha value is -1.60. The van der Waals surface area contributed by atoms with Crippen LogP contribution in [0.5, 0.6) is 0 Å². The van der Waals surface area contributed by atoms with E-state index in [2.05, 4.69) is 34.9 Å². The zero-order valence-corrected chi connectivity index (χ0v) is 18.1. The molecular weight excluding hydrogens is 374 g/mol. The predicted molar refractivity (Wildman–Crippen MR) is 113 cm³/mol. The zero-order valence-electron chi connectivity index (χ0n) is 17.3. The van der Waals surface area contributed by atoms with Crippen LogP contribution in [-0.2, 0) is 35.7 Å². The molecule has 0 saturated carbocycles. The number of amides is 2. The number of nitrogens with zero attached hydrogens (tertiary/aromatic N) is 1. The van der Waals surface area contributed by atoms with E-state index < -0.39 is 16.1 Å². The monoisotopic (exact) mass is 407 g/mol. The maximum atomic E-state index is 12.5. The molecular formula is C21H33N3O3S. The number of carbonyl (C=O) groups excluding carboxylic acids is 1. The summed E-state index contributed by atoms with van der Waals surface area (Å²) in [5.74, 6) is -0.0525. The number of sulfonamides is 1. The van der Waals surface area contributed by atoms with Crippen molar-refractivity contribution < 1.29 is 13.2 Å². The van der Waals surface area contributed by atoms with Gasteiger partial charge in [0.15, 0.2) is 0 Å². The van der Waals surface area contributed by atoms with E-state index in [9.17, 15) is 13.2 Å². The summed E-state index contributed by atoms with van der Waals surface area (Å²) in [7, 11) is -3.66. The summed E-state index contributed by atoms with van der Waals surface area (Å²) < 4.78 is 27.0. The molecule has 0 radical (unpaired) electrons. The number of hydrogen-bond acceptors (Lipinski definition) is 4. The Labute approximate surface area is 169 Å². The lowest BCUT2D eigenvalue weighted by Crippen LogP contribution is -2.39. The third kappa shape index (κ3) is 4.69. The van der Waals surface area contributed by atoms with E-state index in [-0.39, 0.29) is 11.8 Å². The molecule has 1 aromatic carbocycles. The molecule has 0 heterocycles. The molecule has 156 valence electrons. The molecule has 28 heavy (non-hydrogen) atoms. The van der Waals surface area contributed by atoms with Gasteiger partial charge in [-0.1, -0.05) is 19.9 Å². The largest absolute Gasteiger partial charge is 0.332 e. The SMILES string of the molecule is CCN(CC)C(C)CCS(=O)(=O)NC(=O)Nc1c2c(cc3c1CCC3)CCC2. The fraction of sp³-hybridized carbons (Fsp3) is 0.667. The summed E-state index contributed by atoms with van der Waals surface area (Å²) in [4.78, 5) is 14.7. The Bertz CT molecular complexity index is 800. The normalized spacial score (nSPS) is 16.7. The van der Waals surface area contributed by atoms with Crippen LogP contribution in [0.2, 0.25) is 0 Å². The topological polar surface area (TPSA) is 78.5 Å². The summed E-state index contributed by atoms with van der Waals surface area (Å²) in [6, 6.07) is 1.82. The Morgan fingerprint density at radius 3 is 2.18 bits per heavy atom. The second kappa shape index (κ2) is 8.82. The van der Waals surface area contributed by atoms with Gasteiger partial charge >= 0.3 is 6.03 Å². The van der Waals surface area contributed by atoms with Gasteiger partial charge in [-0.2, -0.15) is 0 Å². The van der Waals surface area contributed by atoms with Gasteiger partial charge in [-0.05, 0) is 87.2 Å². The van der Waals surface area contributed by atoms with Crippen LogP contribution >= 0.6 is 0 Å². The third-order valence-electron chi connectivity index (χ3n) is 6.20. The van der Waals surface area contributed by atoms with Crippen molar-refractivity contribution in [3.05, 3.63) is 28.3 Å². The van der Waals surface area contributed by atoms with Gasteiger partial charge < -0.3 is 10.2 Å². The van der Waals surface area contributed by atoms with Crippen molar-refractivity contribution in [3.63, 3.8) is 0 Å². The van der Waals surface area contributed by atoms with Gasteiger partial charge in [0.2, 0.25) is 10.0 Å². The molecule has 6 nitrogen and oxygen atoms in total. The van der Waals surface area contributed by atoms with Gasteiger partial charge in [0, 0.05) is 11.7 Å². The number of fused-ring (bicyclic) bond motifs is 2. The number of rotatable bonds is 8. The standard InChI is InChI=1S/C21H33N3O3S/c1-4-24(5-2)15(3)12-13-28(26,27)23-21(25)22-20-18-10-6-8-16(18)14-17-9-7-11-19(17)20/h14-15H,4-13H2,1-3H3,(H2,22,23,25). The molecule has 2 aliphatic carbocycles. The molecule has 0 fully saturated rings. The van der Waals surface area contributed by atoms with E-state index in [1.165, 1.54) is 22.3 Å². The van der Waals surface area contributed by atoms with E-state index in [4.69, 9.17) is 0 Å². The fourth-order valence-electron chi connectivity index (χ4n) is 4.65. The predicted octanol–water partition coefficient (Wildman–Crippen LogP) is 3.24. The lowest BCUT2D eigenvalue weighted by Gasteiger charge is -2.26. The third-order valence-corrected chi connectivity index (χ3v) is 7.47. The van der Waals surface area contributed by atoms with Crippen molar-refractivity contribution in [1.29, 1.82) is 0 Å². The first kappa shape index (κ1) is 21.1. The summed E-state index contributed by atoms with van der Waals surface area (Å²) >= 11 is 0. The molecule has 1 aromatic rings. The van der Waals surface area contributed by atoms with Crippen molar-refractivity contribution in [1.82, 2.24) is 9.62 Å². The Balaban J connectivity index is 1.65. The van der Waals surface area contributed by atoms with Crippen LogP contribution in [0.4, 0.5) is 10.5 Å². The van der Waals surface area contributed by atoms with Crippen LogP contribution in [0.3, 0.4) is 0 Å². The number of urea groups is 1. The van der Waals surface area contributed by atoms with Gasteiger partial charge in [0.25, 0.3) is 0 Å². The molecule has 3 rings (SSSR count). The van der Waals surface area contributed by atoms with E-state index in [0.717, 1.165) is 57.3 Å². The van der Waals surface area contributed by atoms with Crippen molar-refractivity contribution in [2.75, 3.05) is 24.2 Å². The summed E-state index contributed by atoms with van der Waals surface area (Å²) in [5, 5.41) is 2.89. The van der Waals surface area contributed by atoms with Crippen LogP contribution in [0.15, 0.2) is 6.07 Å². The lowest BCUT2D eigenvalue weighted by molar-refractivity contribution is 0.226. The molecule has 0 aliphatic heterocycles. The van der Waals surface area contributed by atoms with Crippen LogP contribution in [-0.4, -0.2) is 44.2 Å². The molecule has 2 amide bonds. The van der Waals surface area contributed by atoms with E-state index >= 15 is 0 Å². The lowest BCUT2D eigenvalue weighted by atomic mass is 9.99. The summed E-state index contributed by atoms with van der Waals surface area (Å²) in [6.07, 6.45) is 6.67. The first-order valence-electron chi connectivity index (χ1n) is 10.6. The van der Waals surface area contributed by atoms with Gasteiger partial charge in [-0.3, -0.25) is 0 Å². The van der Waals surface area contributed by atoms with Crippen molar-refractivity contribution in [2.24, 2.45) is 0 Å². The Morgan fingerprint density at radius 1 is 1.07 bits per heavy atom. The second-order valence-corrected chi connectivity index (χ2v) is 9.81. The van der Waals surface area contributed by atoms with Crippen molar-refractivity contribution >= 4 is 21.7 Å². The molecule has 0 saturated heterocycles. The molecule has 0 bridgehead atoms. The summed E-state index contributed by atoms with van der Waals surface area (Å²) in [6.45, 7) is 7.93. The smallest absolute Gasteiger partial charge is 0.307 e. The fourth-order valence-corrected chi connectivity index (χ4v) is 5.74. The number of anilines is 1. The van der Waals surface area contributed by atoms with Gasteiger partial charge in [0.1, 0.15) is 0 Å². The number of aryl methyl sites for hydroxylation is 2. The van der Waals surface area contributed by atoms with E-state index in [0.29, 0.717) is 6.42 Å². The zero-order chi connectivity index (χ0) is 20.3. The molecule has 1 unspecified atom stereocenters. The van der Waals surface area contributed by atoms with Crippen molar-refractivity contribution in [3.8, 4) is 0 Å². The minimum Gasteiger partial charge on any atom is -0.307 e. The average molecular weight is 408 g/mol. The number of hydrogen-bond donors (Lipinski definition) is 2. The van der Waals surface area contributed by atoms with Gasteiger partial charge in [-0.25, -0.2) is 17.9 Å². The average Bonchev–Trinajstić information content (AvgIpc) is 3.29. The molecule has 2 aliphatic rings. The first-order valence-corrected chi connectivity index (χ1v) is 12.2. The number of benzene rings is 1. The molecule has 1 atom stereocenters. The minimum absolute atomic E-state index is 0.0525. The number of nitrogens with one attached hydrogen (secondary N) is 2. The first-order chi connectivity index (χ1) is 13.3. The molecule has 2 N–H and O–H groups in total. The van der Waals surface area contributed by atoms with Crippen LogP contribution in [0, 0.1) is 0 Å². The van der Waals surface area contributed by atoms with Crippen LogP contribution < -0.4 is 10.0 Å². The number of carbonyl (C=O) groups is 1. The maximum absolute atomic E-state index is 12.5. The van der Waals surface area contributed by atoms with Crippen LogP contribution in [0.25, 0.3) is 0 Å². The molecule has 0 spiro atoms.